The van der Waals surface area contributed by atoms with Gasteiger partial charge in [0.1, 0.15) is 0 Å². The van der Waals surface area contributed by atoms with Gasteiger partial charge in [-0.25, -0.2) is 0 Å². The largest absolute Gasteiger partial charge is 0.387 e. The van der Waals surface area contributed by atoms with Crippen LogP contribution >= 0.6 is 0 Å². The van der Waals surface area contributed by atoms with Crippen LogP contribution in [0, 0.1) is 0 Å². The van der Waals surface area contributed by atoms with Gasteiger partial charge in [-0.05, 0) is 42.9 Å². The van der Waals surface area contributed by atoms with Gasteiger partial charge in [0.05, 0.1) is 6.10 Å². The van der Waals surface area contributed by atoms with Crippen molar-refractivity contribution in [1.29, 1.82) is 0 Å². The number of aliphatic hydroxyl groups excluding tert-OH is 1. The van der Waals surface area contributed by atoms with Crippen molar-refractivity contribution < 1.29 is 5.11 Å². The van der Waals surface area contributed by atoms with E-state index in [1.54, 1.807) is 0 Å². The minimum absolute atomic E-state index is 0.353. The van der Waals surface area contributed by atoms with Gasteiger partial charge >= 0.3 is 0 Å². The van der Waals surface area contributed by atoms with Crippen LogP contribution < -0.4 is 0 Å². The molecule has 0 amide bonds. The van der Waals surface area contributed by atoms with Gasteiger partial charge in [-0.2, -0.15) is 0 Å². The minimum Gasteiger partial charge on any atom is -0.387 e. The molecule has 2 rings (SSSR count). The van der Waals surface area contributed by atoms with E-state index >= 15 is 0 Å². The average Bonchev–Trinajstić information content (AvgIpc) is 3.22. The maximum absolute atomic E-state index is 10.4. The number of benzene rings is 1. The topological polar surface area (TPSA) is 23.5 Å². The van der Waals surface area contributed by atoms with Crippen LogP contribution in [0.5, 0.6) is 0 Å². The summed E-state index contributed by atoms with van der Waals surface area (Å²) in [6.07, 6.45) is 3.42. The Morgan fingerprint density at radius 3 is 2.21 bits per heavy atom. The number of hydrogen-bond donors (Lipinski definition) is 1. The lowest BCUT2D eigenvalue weighted by Gasteiger charge is -2.24. The van der Waals surface area contributed by atoms with Gasteiger partial charge in [-0.3, -0.25) is 4.90 Å². The molecule has 1 aliphatic rings. The fraction of sp³-hybridized carbons (Fsp3) is 0.647. The highest BCUT2D eigenvalue weighted by Crippen LogP contribution is 2.29. The lowest BCUT2D eigenvalue weighted by atomic mass is 10.00. The van der Waals surface area contributed by atoms with Crippen molar-refractivity contribution in [3.05, 3.63) is 35.4 Å². The fourth-order valence-electron chi connectivity index (χ4n) is 2.58. The maximum atomic E-state index is 10.4. The third-order valence-electron chi connectivity index (χ3n) is 3.97. The first-order valence-corrected chi connectivity index (χ1v) is 7.63. The van der Waals surface area contributed by atoms with Gasteiger partial charge in [0, 0.05) is 12.6 Å². The molecular formula is C17H27NO. The number of aliphatic hydroxyl groups is 1. The van der Waals surface area contributed by atoms with E-state index in [-0.39, 0.29) is 6.10 Å². The Balaban J connectivity index is 1.96. The molecular weight excluding hydrogens is 234 g/mol. The lowest BCUT2D eigenvalue weighted by Crippen LogP contribution is -2.31. The van der Waals surface area contributed by atoms with E-state index in [1.165, 1.54) is 18.4 Å². The molecule has 1 saturated carbocycles. The van der Waals surface area contributed by atoms with Crippen LogP contribution in [0.4, 0.5) is 0 Å². The zero-order valence-electron chi connectivity index (χ0n) is 12.5. The lowest BCUT2D eigenvalue weighted by molar-refractivity contribution is 0.108. The molecule has 1 aromatic carbocycles. The molecule has 0 bridgehead atoms. The highest BCUT2D eigenvalue weighted by molar-refractivity contribution is 5.26. The van der Waals surface area contributed by atoms with Crippen LogP contribution in [-0.4, -0.2) is 29.1 Å². The second-order valence-corrected chi connectivity index (χ2v) is 6.06. The first kappa shape index (κ1) is 14.5. The summed E-state index contributed by atoms with van der Waals surface area (Å²) in [5.41, 5.74) is 2.38. The van der Waals surface area contributed by atoms with E-state index in [4.69, 9.17) is 0 Å². The second-order valence-electron chi connectivity index (χ2n) is 6.06. The molecule has 19 heavy (non-hydrogen) atoms. The average molecular weight is 261 g/mol. The van der Waals surface area contributed by atoms with Crippen LogP contribution in [0.2, 0.25) is 0 Å². The summed E-state index contributed by atoms with van der Waals surface area (Å²) in [6.45, 7) is 8.48. The zero-order chi connectivity index (χ0) is 13.8. The Morgan fingerprint density at radius 1 is 1.16 bits per heavy atom. The molecule has 2 heteroatoms. The fourth-order valence-corrected chi connectivity index (χ4v) is 2.58. The number of rotatable bonds is 7. The third-order valence-corrected chi connectivity index (χ3v) is 3.97. The standard InChI is InChI=1S/C17H27NO/c1-4-11-18(16-9-10-16)12-17(19)15-7-5-14(6-8-15)13(2)3/h5-8,13,16-17,19H,4,9-12H2,1-3H3. The van der Waals surface area contributed by atoms with Gasteiger partial charge < -0.3 is 5.11 Å². The van der Waals surface area contributed by atoms with Crippen molar-refractivity contribution in [2.24, 2.45) is 0 Å². The molecule has 0 spiro atoms. The number of nitrogens with zero attached hydrogens (tertiary/aromatic N) is 1. The van der Waals surface area contributed by atoms with Crippen LogP contribution in [-0.2, 0) is 0 Å². The maximum Gasteiger partial charge on any atom is 0.0917 e. The summed E-state index contributed by atoms with van der Waals surface area (Å²) < 4.78 is 0. The first-order chi connectivity index (χ1) is 9.11. The second kappa shape index (κ2) is 6.53. The van der Waals surface area contributed by atoms with Gasteiger partial charge in [0.15, 0.2) is 0 Å². The predicted molar refractivity (Wildman–Crippen MR) is 80.4 cm³/mol. The Labute approximate surface area is 117 Å². The van der Waals surface area contributed by atoms with E-state index in [2.05, 4.69) is 49.9 Å². The molecule has 0 aliphatic heterocycles. The molecule has 1 fully saturated rings. The molecule has 0 radical (unpaired) electrons. The Hall–Kier alpha value is -0.860. The van der Waals surface area contributed by atoms with Crippen molar-refractivity contribution in [2.45, 2.75) is 58.1 Å². The summed E-state index contributed by atoms with van der Waals surface area (Å²) in [4.78, 5) is 2.45. The van der Waals surface area contributed by atoms with Crippen molar-refractivity contribution in [1.82, 2.24) is 4.90 Å². The molecule has 1 unspecified atom stereocenters. The molecule has 0 saturated heterocycles. The first-order valence-electron chi connectivity index (χ1n) is 7.63. The molecule has 106 valence electrons. The summed E-state index contributed by atoms with van der Waals surface area (Å²) in [6, 6.07) is 9.17. The Bertz CT molecular complexity index is 381. The summed E-state index contributed by atoms with van der Waals surface area (Å²) >= 11 is 0. The van der Waals surface area contributed by atoms with E-state index in [0.29, 0.717) is 5.92 Å². The van der Waals surface area contributed by atoms with Crippen molar-refractivity contribution in [3.8, 4) is 0 Å². The van der Waals surface area contributed by atoms with Crippen molar-refractivity contribution >= 4 is 0 Å². The monoisotopic (exact) mass is 261 g/mol. The molecule has 0 aromatic heterocycles. The van der Waals surface area contributed by atoms with Crippen LogP contribution in [0.3, 0.4) is 0 Å². The van der Waals surface area contributed by atoms with E-state index in [1.807, 2.05) is 0 Å². The summed E-state index contributed by atoms with van der Waals surface area (Å²) in [7, 11) is 0. The van der Waals surface area contributed by atoms with Gasteiger partial charge in [-0.1, -0.05) is 45.0 Å². The molecule has 1 N–H and O–H groups in total. The summed E-state index contributed by atoms with van der Waals surface area (Å²) in [5, 5.41) is 10.4. The third kappa shape index (κ3) is 4.05. The van der Waals surface area contributed by atoms with Crippen LogP contribution in [0.25, 0.3) is 0 Å². The van der Waals surface area contributed by atoms with E-state index < -0.39 is 0 Å². The predicted octanol–water partition coefficient (Wildman–Crippen LogP) is 3.72. The smallest absolute Gasteiger partial charge is 0.0917 e. The van der Waals surface area contributed by atoms with Crippen molar-refractivity contribution in [2.75, 3.05) is 13.1 Å². The molecule has 1 aromatic rings. The highest BCUT2D eigenvalue weighted by atomic mass is 16.3. The highest BCUT2D eigenvalue weighted by Gasteiger charge is 2.29. The Kier molecular flexibility index (Phi) is 5.00. The van der Waals surface area contributed by atoms with Crippen LogP contribution in [0.1, 0.15) is 63.2 Å². The van der Waals surface area contributed by atoms with Crippen molar-refractivity contribution in [3.63, 3.8) is 0 Å². The van der Waals surface area contributed by atoms with E-state index in [9.17, 15) is 5.11 Å². The zero-order valence-corrected chi connectivity index (χ0v) is 12.5. The van der Waals surface area contributed by atoms with Gasteiger partial charge in [0.25, 0.3) is 0 Å². The molecule has 1 atom stereocenters. The normalized spacial score (nSPS) is 17.2. The summed E-state index contributed by atoms with van der Waals surface area (Å²) in [5.74, 6) is 0.550. The SMILES string of the molecule is CCCN(CC(O)c1ccc(C(C)C)cc1)C1CC1. The minimum atomic E-state index is -0.353. The van der Waals surface area contributed by atoms with Gasteiger partial charge in [-0.15, -0.1) is 0 Å². The molecule has 1 aliphatic carbocycles. The number of hydrogen-bond acceptors (Lipinski definition) is 2. The Morgan fingerprint density at radius 2 is 1.74 bits per heavy atom. The molecule has 0 heterocycles. The van der Waals surface area contributed by atoms with Crippen LogP contribution in [0.15, 0.2) is 24.3 Å². The van der Waals surface area contributed by atoms with Gasteiger partial charge in [0.2, 0.25) is 0 Å². The quantitative estimate of drug-likeness (QED) is 0.808. The van der Waals surface area contributed by atoms with E-state index in [0.717, 1.165) is 31.1 Å². The molecule has 2 nitrogen and oxygen atoms in total.